The number of aryl methyl sites for hydroxylation is 1. The summed E-state index contributed by atoms with van der Waals surface area (Å²) < 4.78 is 35.4. The third-order valence-corrected chi connectivity index (χ3v) is 3.33. The molecule has 0 saturated heterocycles. The van der Waals surface area contributed by atoms with E-state index in [2.05, 4.69) is 0 Å². The van der Waals surface area contributed by atoms with Crippen molar-refractivity contribution in [2.75, 3.05) is 12.0 Å². The molecule has 1 rings (SSSR count). The molecule has 0 aliphatic carbocycles. The van der Waals surface area contributed by atoms with Crippen LogP contribution in [0.1, 0.15) is 23.6 Å². The average Bonchev–Trinajstić information content (AvgIpc) is 2.13. The molecule has 0 heterocycles. The highest BCUT2D eigenvalue weighted by Crippen LogP contribution is 2.19. The summed E-state index contributed by atoms with van der Waals surface area (Å²) in [7, 11) is -3.05. The van der Waals surface area contributed by atoms with Crippen LogP contribution < -0.4 is 5.73 Å². The van der Waals surface area contributed by atoms with E-state index in [9.17, 15) is 12.8 Å². The van der Waals surface area contributed by atoms with E-state index in [-0.39, 0.29) is 18.0 Å². The van der Waals surface area contributed by atoms with Gasteiger partial charge in [0.2, 0.25) is 0 Å². The molecule has 0 spiro atoms. The summed E-state index contributed by atoms with van der Waals surface area (Å²) in [4.78, 5) is 0. The van der Waals surface area contributed by atoms with Gasteiger partial charge in [0.25, 0.3) is 0 Å². The molecule has 0 aliphatic rings. The first-order valence-corrected chi connectivity index (χ1v) is 7.05. The van der Waals surface area contributed by atoms with Crippen LogP contribution in [-0.2, 0) is 9.84 Å². The Morgan fingerprint density at radius 1 is 1.44 bits per heavy atom. The highest BCUT2D eigenvalue weighted by molar-refractivity contribution is 7.90. The van der Waals surface area contributed by atoms with Crippen LogP contribution >= 0.6 is 0 Å². The largest absolute Gasteiger partial charge is 0.324 e. The van der Waals surface area contributed by atoms with Crippen LogP contribution in [0.15, 0.2) is 18.2 Å². The van der Waals surface area contributed by atoms with Gasteiger partial charge in [0.05, 0.1) is 5.75 Å². The first-order valence-electron chi connectivity index (χ1n) is 4.99. The van der Waals surface area contributed by atoms with Gasteiger partial charge in [0, 0.05) is 17.9 Å². The zero-order valence-corrected chi connectivity index (χ0v) is 10.2. The molecule has 16 heavy (non-hydrogen) atoms. The molecule has 2 N–H and O–H groups in total. The van der Waals surface area contributed by atoms with Crippen molar-refractivity contribution in [2.45, 2.75) is 19.4 Å². The van der Waals surface area contributed by atoms with E-state index in [1.807, 2.05) is 0 Å². The van der Waals surface area contributed by atoms with Crippen LogP contribution in [0.5, 0.6) is 0 Å². The Bertz CT molecular complexity index is 471. The van der Waals surface area contributed by atoms with Crippen molar-refractivity contribution in [1.29, 1.82) is 0 Å². The monoisotopic (exact) mass is 245 g/mol. The van der Waals surface area contributed by atoms with Crippen molar-refractivity contribution in [1.82, 2.24) is 0 Å². The Morgan fingerprint density at radius 2 is 2.06 bits per heavy atom. The van der Waals surface area contributed by atoms with Crippen molar-refractivity contribution in [2.24, 2.45) is 5.73 Å². The number of rotatable bonds is 4. The summed E-state index contributed by atoms with van der Waals surface area (Å²) in [6, 6.07) is 4.20. The summed E-state index contributed by atoms with van der Waals surface area (Å²) in [6.07, 6.45) is 1.38. The van der Waals surface area contributed by atoms with Gasteiger partial charge in [-0.3, -0.25) is 0 Å². The van der Waals surface area contributed by atoms with Crippen LogP contribution in [0.4, 0.5) is 4.39 Å². The van der Waals surface area contributed by atoms with E-state index in [4.69, 9.17) is 5.73 Å². The second-order valence-corrected chi connectivity index (χ2v) is 6.31. The molecule has 90 valence electrons. The molecule has 0 fully saturated rings. The summed E-state index contributed by atoms with van der Waals surface area (Å²) in [5.74, 6) is -0.400. The zero-order valence-electron chi connectivity index (χ0n) is 9.40. The maximum Gasteiger partial charge on any atom is 0.147 e. The van der Waals surface area contributed by atoms with Gasteiger partial charge in [0.15, 0.2) is 0 Å². The lowest BCUT2D eigenvalue weighted by Crippen LogP contribution is -2.16. The second kappa shape index (κ2) is 4.93. The van der Waals surface area contributed by atoms with Gasteiger partial charge in [0.1, 0.15) is 15.7 Å². The van der Waals surface area contributed by atoms with Crippen molar-refractivity contribution in [3.8, 4) is 0 Å². The van der Waals surface area contributed by atoms with Crippen LogP contribution in [0.2, 0.25) is 0 Å². The molecule has 1 atom stereocenters. The standard InChI is InChI=1S/C11H16FNO2S/c1-8-3-4-9(10(12)7-8)11(13)5-6-16(2,14)15/h3-4,7,11H,5-6,13H2,1-2H3. The Labute approximate surface area is 95.4 Å². The minimum atomic E-state index is -3.05. The first kappa shape index (κ1) is 13.1. The topological polar surface area (TPSA) is 60.2 Å². The number of hydrogen-bond acceptors (Lipinski definition) is 3. The van der Waals surface area contributed by atoms with Crippen LogP contribution in [0.25, 0.3) is 0 Å². The third kappa shape index (κ3) is 3.90. The van der Waals surface area contributed by atoms with E-state index in [0.717, 1.165) is 11.8 Å². The Morgan fingerprint density at radius 3 is 2.56 bits per heavy atom. The van der Waals surface area contributed by atoms with Gasteiger partial charge in [-0.1, -0.05) is 12.1 Å². The highest BCUT2D eigenvalue weighted by Gasteiger charge is 2.13. The van der Waals surface area contributed by atoms with Crippen LogP contribution in [0, 0.1) is 12.7 Å². The van der Waals surface area contributed by atoms with Gasteiger partial charge in [-0.15, -0.1) is 0 Å². The van der Waals surface area contributed by atoms with Crippen LogP contribution in [0.3, 0.4) is 0 Å². The fourth-order valence-electron chi connectivity index (χ4n) is 1.43. The molecule has 0 amide bonds. The number of halogens is 1. The predicted octanol–water partition coefficient (Wildman–Crippen LogP) is 1.57. The molecule has 0 aliphatic heterocycles. The third-order valence-electron chi connectivity index (χ3n) is 2.36. The maximum absolute atomic E-state index is 13.5. The van der Waals surface area contributed by atoms with Crippen LogP contribution in [-0.4, -0.2) is 20.4 Å². The summed E-state index contributed by atoms with van der Waals surface area (Å²) in [5.41, 5.74) is 6.93. The molecular formula is C11H16FNO2S. The van der Waals surface area contributed by atoms with E-state index in [1.54, 1.807) is 19.1 Å². The molecule has 3 nitrogen and oxygen atoms in total. The molecule has 1 unspecified atom stereocenters. The minimum absolute atomic E-state index is 0.0263. The molecule has 1 aromatic rings. The van der Waals surface area contributed by atoms with Gasteiger partial charge < -0.3 is 5.73 Å². The Kier molecular flexibility index (Phi) is 4.04. The van der Waals surface area contributed by atoms with E-state index in [1.165, 1.54) is 6.07 Å². The lowest BCUT2D eigenvalue weighted by atomic mass is 10.0. The molecule has 0 aromatic heterocycles. The first-order chi connectivity index (χ1) is 7.29. The molecule has 5 heteroatoms. The fourth-order valence-corrected chi connectivity index (χ4v) is 2.11. The SMILES string of the molecule is Cc1ccc(C(N)CCS(C)(=O)=O)c(F)c1. The van der Waals surface area contributed by atoms with Gasteiger partial charge in [-0.05, 0) is 25.0 Å². The molecular weight excluding hydrogens is 229 g/mol. The predicted molar refractivity (Wildman–Crippen MR) is 62.4 cm³/mol. The van der Waals surface area contributed by atoms with E-state index in [0.29, 0.717) is 5.56 Å². The Balaban J connectivity index is 2.77. The summed E-state index contributed by atoms with van der Waals surface area (Å²) >= 11 is 0. The van der Waals surface area contributed by atoms with E-state index < -0.39 is 15.9 Å². The maximum atomic E-state index is 13.5. The number of sulfone groups is 1. The zero-order chi connectivity index (χ0) is 12.3. The number of benzene rings is 1. The lowest BCUT2D eigenvalue weighted by Gasteiger charge is -2.12. The molecule has 0 bridgehead atoms. The molecule has 0 saturated carbocycles. The molecule has 0 radical (unpaired) electrons. The Hall–Kier alpha value is -0.940. The highest BCUT2D eigenvalue weighted by atomic mass is 32.2. The van der Waals surface area contributed by atoms with Gasteiger partial charge >= 0.3 is 0 Å². The molecule has 1 aromatic carbocycles. The lowest BCUT2D eigenvalue weighted by molar-refractivity contribution is 0.565. The smallest absolute Gasteiger partial charge is 0.147 e. The minimum Gasteiger partial charge on any atom is -0.324 e. The van der Waals surface area contributed by atoms with Gasteiger partial charge in [-0.25, -0.2) is 12.8 Å². The normalized spacial score (nSPS) is 13.8. The van der Waals surface area contributed by atoms with E-state index >= 15 is 0 Å². The van der Waals surface area contributed by atoms with Crippen molar-refractivity contribution in [3.63, 3.8) is 0 Å². The summed E-state index contributed by atoms with van der Waals surface area (Å²) in [6.45, 7) is 1.79. The van der Waals surface area contributed by atoms with Gasteiger partial charge in [-0.2, -0.15) is 0 Å². The number of hydrogen-bond donors (Lipinski definition) is 1. The average molecular weight is 245 g/mol. The van der Waals surface area contributed by atoms with Crippen molar-refractivity contribution < 1.29 is 12.8 Å². The fraction of sp³-hybridized carbons (Fsp3) is 0.455. The number of nitrogens with two attached hydrogens (primary N) is 1. The second-order valence-electron chi connectivity index (χ2n) is 4.05. The van der Waals surface area contributed by atoms with Crippen molar-refractivity contribution in [3.05, 3.63) is 35.1 Å². The quantitative estimate of drug-likeness (QED) is 0.876. The van der Waals surface area contributed by atoms with Crippen molar-refractivity contribution >= 4 is 9.84 Å². The summed E-state index contributed by atoms with van der Waals surface area (Å²) in [5, 5.41) is 0.